The smallest absolute Gasteiger partial charge is 0.149 e. The lowest BCUT2D eigenvalue weighted by Gasteiger charge is -2.46. The van der Waals surface area contributed by atoms with Gasteiger partial charge in [-0.25, -0.2) is 4.72 Å². The van der Waals surface area contributed by atoms with Crippen LogP contribution in [0.3, 0.4) is 0 Å². The van der Waals surface area contributed by atoms with Crippen LogP contribution >= 0.6 is 11.9 Å². The van der Waals surface area contributed by atoms with Crippen LogP contribution in [0.15, 0.2) is 0 Å². The van der Waals surface area contributed by atoms with Crippen LogP contribution in [-0.2, 0) is 0 Å². The van der Waals surface area contributed by atoms with Gasteiger partial charge in [-0.2, -0.15) is 5.26 Å². The van der Waals surface area contributed by atoms with Gasteiger partial charge in [-0.3, -0.25) is 0 Å². The Bertz CT molecular complexity index is 259. The summed E-state index contributed by atoms with van der Waals surface area (Å²) < 4.78 is 3.22. The molecule has 1 aliphatic rings. The monoisotopic (exact) mass is 227 g/mol. The number of rotatable bonds is 3. The molecule has 0 spiro atoms. The van der Waals surface area contributed by atoms with Gasteiger partial charge in [-0.05, 0) is 36.6 Å². The standard InChI is InChI=1S/C11H21N3S/c1-10(2)4-9(14-15-8-13)5-11(3,6-10)7-12/h9,14H,4-7,12H2,1-3H3. The van der Waals surface area contributed by atoms with Crippen molar-refractivity contribution in [3.8, 4) is 5.40 Å². The molecule has 15 heavy (non-hydrogen) atoms. The molecule has 0 bridgehead atoms. The van der Waals surface area contributed by atoms with Crippen LogP contribution in [0, 0.1) is 21.5 Å². The van der Waals surface area contributed by atoms with Gasteiger partial charge in [0.1, 0.15) is 5.40 Å². The van der Waals surface area contributed by atoms with E-state index in [1.807, 2.05) is 0 Å². The third kappa shape index (κ3) is 3.67. The molecule has 2 atom stereocenters. The first-order valence-corrected chi connectivity index (χ1v) is 6.23. The van der Waals surface area contributed by atoms with Crippen molar-refractivity contribution in [2.24, 2.45) is 16.6 Å². The molecule has 3 N–H and O–H groups in total. The first-order valence-electron chi connectivity index (χ1n) is 5.41. The van der Waals surface area contributed by atoms with E-state index in [-0.39, 0.29) is 5.41 Å². The Balaban J connectivity index is 2.65. The van der Waals surface area contributed by atoms with Gasteiger partial charge >= 0.3 is 0 Å². The van der Waals surface area contributed by atoms with Gasteiger partial charge in [0.15, 0.2) is 0 Å². The fraction of sp³-hybridized carbons (Fsp3) is 0.909. The zero-order valence-corrected chi connectivity index (χ0v) is 10.7. The van der Waals surface area contributed by atoms with Crippen LogP contribution in [0.2, 0.25) is 0 Å². The average molecular weight is 227 g/mol. The van der Waals surface area contributed by atoms with E-state index in [1.54, 1.807) is 0 Å². The second kappa shape index (κ2) is 4.73. The SMILES string of the molecule is CC1(C)CC(NSC#N)CC(C)(CN)C1. The molecule has 3 nitrogen and oxygen atoms in total. The molecule has 0 heterocycles. The van der Waals surface area contributed by atoms with Gasteiger partial charge in [0.25, 0.3) is 0 Å². The van der Waals surface area contributed by atoms with Gasteiger partial charge in [-0.1, -0.05) is 20.8 Å². The van der Waals surface area contributed by atoms with Crippen LogP contribution in [-0.4, -0.2) is 12.6 Å². The first kappa shape index (κ1) is 12.8. The maximum Gasteiger partial charge on any atom is 0.149 e. The molecule has 0 saturated heterocycles. The van der Waals surface area contributed by atoms with Crippen molar-refractivity contribution in [2.45, 2.75) is 46.1 Å². The minimum absolute atomic E-state index is 0.218. The summed E-state index contributed by atoms with van der Waals surface area (Å²) in [7, 11) is 0. The van der Waals surface area contributed by atoms with Crippen molar-refractivity contribution < 1.29 is 0 Å². The summed E-state index contributed by atoms with van der Waals surface area (Å²) in [5.41, 5.74) is 6.39. The maximum atomic E-state index is 8.54. The predicted octanol–water partition coefficient (Wildman–Crippen LogP) is 2.25. The van der Waals surface area contributed by atoms with Gasteiger partial charge in [0.2, 0.25) is 0 Å². The van der Waals surface area contributed by atoms with E-state index < -0.39 is 0 Å². The Morgan fingerprint density at radius 3 is 2.67 bits per heavy atom. The number of hydrogen-bond donors (Lipinski definition) is 2. The van der Waals surface area contributed by atoms with Crippen molar-refractivity contribution in [3.05, 3.63) is 0 Å². The van der Waals surface area contributed by atoms with Crippen LogP contribution in [0.25, 0.3) is 0 Å². The lowest BCUT2D eigenvalue weighted by atomic mass is 9.63. The van der Waals surface area contributed by atoms with Gasteiger partial charge < -0.3 is 5.73 Å². The van der Waals surface area contributed by atoms with E-state index in [0.717, 1.165) is 31.3 Å². The third-order valence-electron chi connectivity index (χ3n) is 3.21. The Morgan fingerprint density at radius 1 is 1.47 bits per heavy atom. The Morgan fingerprint density at radius 2 is 2.13 bits per heavy atom. The minimum atomic E-state index is 0.218. The lowest BCUT2D eigenvalue weighted by molar-refractivity contribution is 0.0861. The van der Waals surface area contributed by atoms with Gasteiger partial charge in [-0.15, -0.1) is 0 Å². The summed E-state index contributed by atoms with van der Waals surface area (Å²) >= 11 is 1.14. The molecule has 0 amide bonds. The third-order valence-corrected chi connectivity index (χ3v) is 3.75. The van der Waals surface area contributed by atoms with E-state index in [2.05, 4.69) is 30.9 Å². The second-order valence-corrected chi connectivity index (χ2v) is 6.39. The van der Waals surface area contributed by atoms with Crippen molar-refractivity contribution >= 4 is 11.9 Å². The Labute approximate surface area is 96.9 Å². The van der Waals surface area contributed by atoms with Gasteiger partial charge in [0, 0.05) is 18.0 Å². The molecule has 1 fully saturated rings. The number of hydrogen-bond acceptors (Lipinski definition) is 4. The molecule has 0 aromatic rings. The van der Waals surface area contributed by atoms with E-state index in [1.165, 1.54) is 6.42 Å². The molecule has 2 unspecified atom stereocenters. The van der Waals surface area contributed by atoms with Crippen molar-refractivity contribution in [1.82, 2.24) is 4.72 Å². The summed E-state index contributed by atoms with van der Waals surface area (Å²) in [6, 6.07) is 0.409. The number of thiocyanates is 1. The summed E-state index contributed by atoms with van der Waals surface area (Å²) in [6.45, 7) is 7.54. The summed E-state index contributed by atoms with van der Waals surface area (Å²) in [5, 5.41) is 10.6. The number of nitrogens with one attached hydrogen (secondary N) is 1. The highest BCUT2D eigenvalue weighted by Crippen LogP contribution is 2.45. The molecule has 1 rings (SSSR count). The fourth-order valence-corrected chi connectivity index (χ4v) is 3.37. The van der Waals surface area contributed by atoms with Crippen molar-refractivity contribution in [2.75, 3.05) is 6.54 Å². The van der Waals surface area contributed by atoms with E-state index >= 15 is 0 Å². The number of nitrogens with two attached hydrogens (primary N) is 1. The molecular formula is C11H21N3S. The van der Waals surface area contributed by atoms with Crippen LogP contribution in [0.1, 0.15) is 40.0 Å². The van der Waals surface area contributed by atoms with E-state index in [9.17, 15) is 0 Å². The summed E-state index contributed by atoms with van der Waals surface area (Å²) in [4.78, 5) is 0. The fourth-order valence-electron chi connectivity index (χ4n) is 2.98. The number of nitrogens with zero attached hydrogens (tertiary/aromatic N) is 1. The summed E-state index contributed by atoms with van der Waals surface area (Å²) in [6.07, 6.45) is 3.37. The zero-order valence-electron chi connectivity index (χ0n) is 9.84. The Hall–Kier alpha value is -0.240. The molecule has 0 aromatic carbocycles. The van der Waals surface area contributed by atoms with Crippen LogP contribution in [0.4, 0.5) is 0 Å². The molecular weight excluding hydrogens is 206 g/mol. The normalized spacial score (nSPS) is 34.7. The molecule has 4 heteroatoms. The molecule has 0 aliphatic heterocycles. The lowest BCUT2D eigenvalue weighted by Crippen LogP contribution is -2.46. The zero-order chi connectivity index (χ0) is 11.5. The number of nitriles is 1. The first-order chi connectivity index (χ1) is 6.91. The van der Waals surface area contributed by atoms with Crippen molar-refractivity contribution in [3.63, 3.8) is 0 Å². The van der Waals surface area contributed by atoms with Crippen LogP contribution in [0.5, 0.6) is 0 Å². The largest absolute Gasteiger partial charge is 0.330 e. The topological polar surface area (TPSA) is 61.8 Å². The highest BCUT2D eigenvalue weighted by Gasteiger charge is 2.40. The predicted molar refractivity (Wildman–Crippen MR) is 64.9 cm³/mol. The maximum absolute atomic E-state index is 8.54. The van der Waals surface area contributed by atoms with Crippen molar-refractivity contribution in [1.29, 1.82) is 5.26 Å². The molecule has 0 aromatic heterocycles. The molecule has 0 radical (unpaired) electrons. The summed E-state index contributed by atoms with van der Waals surface area (Å²) in [5.74, 6) is 0. The second-order valence-electron chi connectivity index (χ2n) is 5.77. The molecule has 1 saturated carbocycles. The van der Waals surface area contributed by atoms with E-state index in [0.29, 0.717) is 11.5 Å². The average Bonchev–Trinajstić information content (AvgIpc) is 2.12. The van der Waals surface area contributed by atoms with Gasteiger partial charge in [0.05, 0.1) is 0 Å². The Kier molecular flexibility index (Phi) is 4.05. The highest BCUT2D eigenvalue weighted by atomic mass is 32.2. The molecule has 1 aliphatic carbocycles. The van der Waals surface area contributed by atoms with E-state index in [4.69, 9.17) is 11.0 Å². The quantitative estimate of drug-likeness (QED) is 0.573. The molecule has 86 valence electrons. The van der Waals surface area contributed by atoms with Crippen LogP contribution < -0.4 is 10.5 Å². The highest BCUT2D eigenvalue weighted by molar-refractivity contribution is 8.01. The minimum Gasteiger partial charge on any atom is -0.330 e.